The molecule has 1 rings (SSSR count). The molecule has 0 amide bonds. The van der Waals surface area contributed by atoms with Gasteiger partial charge >= 0.3 is 0 Å². The number of nitrogens with two attached hydrogens (primary N) is 1. The van der Waals surface area contributed by atoms with Crippen molar-refractivity contribution in [1.29, 1.82) is 0 Å². The van der Waals surface area contributed by atoms with Crippen LogP contribution in [0.2, 0.25) is 0 Å². The van der Waals surface area contributed by atoms with Crippen molar-refractivity contribution in [2.45, 2.75) is 32.4 Å². The van der Waals surface area contributed by atoms with Gasteiger partial charge in [-0.2, -0.15) is 5.10 Å². The molecule has 0 spiro atoms. The topological polar surface area (TPSA) is 65.1 Å². The van der Waals surface area contributed by atoms with Crippen molar-refractivity contribution in [1.82, 2.24) is 15.2 Å². The van der Waals surface area contributed by atoms with E-state index in [9.17, 15) is 0 Å². The summed E-state index contributed by atoms with van der Waals surface area (Å²) in [6.45, 7) is 4.62. The van der Waals surface area contributed by atoms with Gasteiger partial charge in [-0.05, 0) is 19.9 Å². The molecule has 0 bridgehead atoms. The molecule has 3 N–H and O–H groups in total. The van der Waals surface area contributed by atoms with Gasteiger partial charge in [0.25, 0.3) is 0 Å². The molecule has 1 unspecified atom stereocenters. The van der Waals surface area contributed by atoms with Gasteiger partial charge in [0.05, 0.1) is 24.4 Å². The summed E-state index contributed by atoms with van der Waals surface area (Å²) >= 11 is 0. The predicted molar refractivity (Wildman–Crippen MR) is 59.1 cm³/mol. The molecule has 15 heavy (non-hydrogen) atoms. The number of rotatable bonds is 6. The van der Waals surface area contributed by atoms with E-state index in [4.69, 9.17) is 10.6 Å². The molecule has 86 valence electrons. The Kier molecular flexibility index (Phi) is 4.74. The molecular formula is C10H20N4O. The van der Waals surface area contributed by atoms with E-state index in [1.54, 1.807) is 4.68 Å². The third-order valence-corrected chi connectivity index (χ3v) is 2.09. The highest BCUT2D eigenvalue weighted by Crippen LogP contribution is 2.01. The van der Waals surface area contributed by atoms with E-state index in [2.05, 4.69) is 10.5 Å². The summed E-state index contributed by atoms with van der Waals surface area (Å²) in [6.07, 6.45) is 2.93. The predicted octanol–water partition coefficient (Wildman–Crippen LogP) is 0.220. The lowest BCUT2D eigenvalue weighted by Gasteiger charge is -2.16. The molecule has 1 aromatic rings. The van der Waals surface area contributed by atoms with Crippen molar-refractivity contribution in [2.24, 2.45) is 12.9 Å². The zero-order chi connectivity index (χ0) is 11.3. The molecule has 0 saturated carbocycles. The second kappa shape index (κ2) is 5.85. The summed E-state index contributed by atoms with van der Waals surface area (Å²) in [6, 6.07) is 2.10. The molecule has 0 fully saturated rings. The molecule has 0 aliphatic carbocycles. The van der Waals surface area contributed by atoms with Crippen LogP contribution in [0, 0.1) is 0 Å². The molecule has 1 atom stereocenters. The Hall–Kier alpha value is -0.910. The Balaban J connectivity index is 2.39. The summed E-state index contributed by atoms with van der Waals surface area (Å²) in [4.78, 5) is 0. The van der Waals surface area contributed by atoms with Crippen molar-refractivity contribution in [2.75, 3.05) is 6.61 Å². The Labute approximate surface area is 90.6 Å². The second-order valence-electron chi connectivity index (χ2n) is 3.93. The van der Waals surface area contributed by atoms with Gasteiger partial charge in [0.2, 0.25) is 0 Å². The van der Waals surface area contributed by atoms with Gasteiger partial charge in [0.15, 0.2) is 0 Å². The molecule has 0 radical (unpaired) electrons. The van der Waals surface area contributed by atoms with Gasteiger partial charge in [-0.25, -0.2) is 0 Å². The largest absolute Gasteiger partial charge is 0.377 e. The fraction of sp³-hybridized carbons (Fsp3) is 0.700. The third kappa shape index (κ3) is 4.42. The minimum Gasteiger partial charge on any atom is -0.377 e. The number of hydrazine groups is 1. The molecule has 1 aromatic heterocycles. The lowest BCUT2D eigenvalue weighted by Crippen LogP contribution is -2.41. The average molecular weight is 212 g/mol. The smallest absolute Gasteiger partial charge is 0.0641 e. The molecule has 5 nitrogen and oxygen atoms in total. The maximum absolute atomic E-state index is 5.50. The zero-order valence-corrected chi connectivity index (χ0v) is 9.60. The van der Waals surface area contributed by atoms with Crippen molar-refractivity contribution < 1.29 is 4.74 Å². The van der Waals surface area contributed by atoms with Crippen LogP contribution in [-0.2, 0) is 18.2 Å². The molecule has 0 aromatic carbocycles. The van der Waals surface area contributed by atoms with E-state index in [0.717, 1.165) is 12.1 Å². The number of nitrogens with one attached hydrogen (secondary N) is 1. The van der Waals surface area contributed by atoms with Crippen LogP contribution >= 0.6 is 0 Å². The first kappa shape index (κ1) is 12.2. The molecule has 1 heterocycles. The number of hydrogen-bond donors (Lipinski definition) is 2. The number of nitrogens with zero attached hydrogens (tertiary/aromatic N) is 2. The zero-order valence-electron chi connectivity index (χ0n) is 9.60. The quantitative estimate of drug-likeness (QED) is 0.523. The normalized spacial score (nSPS) is 13.4. The first-order valence-corrected chi connectivity index (χ1v) is 5.18. The highest BCUT2D eigenvalue weighted by atomic mass is 16.5. The SMILES string of the molecule is CC(C)OCC(Cc1ccn(C)n1)NN. The fourth-order valence-corrected chi connectivity index (χ4v) is 1.30. The van der Waals surface area contributed by atoms with E-state index in [0.29, 0.717) is 6.61 Å². The van der Waals surface area contributed by atoms with Crippen LogP contribution in [0.25, 0.3) is 0 Å². The monoisotopic (exact) mass is 212 g/mol. The van der Waals surface area contributed by atoms with E-state index >= 15 is 0 Å². The Bertz CT molecular complexity index is 285. The minimum atomic E-state index is 0.113. The van der Waals surface area contributed by atoms with Crippen LogP contribution in [-0.4, -0.2) is 28.5 Å². The maximum Gasteiger partial charge on any atom is 0.0641 e. The Morgan fingerprint density at radius 2 is 2.33 bits per heavy atom. The fourth-order valence-electron chi connectivity index (χ4n) is 1.30. The third-order valence-electron chi connectivity index (χ3n) is 2.09. The lowest BCUT2D eigenvalue weighted by atomic mass is 10.2. The Morgan fingerprint density at radius 3 is 2.80 bits per heavy atom. The highest BCUT2D eigenvalue weighted by Gasteiger charge is 2.10. The van der Waals surface area contributed by atoms with Crippen LogP contribution in [0.4, 0.5) is 0 Å². The number of hydrogen-bond acceptors (Lipinski definition) is 4. The summed E-state index contributed by atoms with van der Waals surface area (Å²) in [7, 11) is 1.90. The van der Waals surface area contributed by atoms with E-state index in [1.165, 1.54) is 0 Å². The van der Waals surface area contributed by atoms with Gasteiger partial charge < -0.3 is 4.74 Å². The van der Waals surface area contributed by atoms with E-state index in [-0.39, 0.29) is 12.1 Å². The molecule has 0 saturated heterocycles. The van der Waals surface area contributed by atoms with Crippen LogP contribution < -0.4 is 11.3 Å². The summed E-state index contributed by atoms with van der Waals surface area (Å²) in [5.41, 5.74) is 3.76. The van der Waals surface area contributed by atoms with Gasteiger partial charge in [-0.3, -0.25) is 16.0 Å². The summed E-state index contributed by atoms with van der Waals surface area (Å²) in [5.74, 6) is 5.45. The van der Waals surface area contributed by atoms with Crippen molar-refractivity contribution >= 4 is 0 Å². The van der Waals surface area contributed by atoms with Crippen LogP contribution in [0.5, 0.6) is 0 Å². The summed E-state index contributed by atoms with van der Waals surface area (Å²) in [5, 5.41) is 4.29. The number of aryl methyl sites for hydroxylation is 1. The lowest BCUT2D eigenvalue weighted by molar-refractivity contribution is 0.0611. The standard InChI is InChI=1S/C10H20N4O/c1-8(2)15-7-10(12-11)6-9-4-5-14(3)13-9/h4-5,8,10,12H,6-7,11H2,1-3H3. The molecule has 0 aliphatic heterocycles. The van der Waals surface area contributed by atoms with Crippen LogP contribution in [0.15, 0.2) is 12.3 Å². The van der Waals surface area contributed by atoms with E-state index in [1.807, 2.05) is 33.2 Å². The van der Waals surface area contributed by atoms with Crippen molar-refractivity contribution in [3.63, 3.8) is 0 Å². The second-order valence-corrected chi connectivity index (χ2v) is 3.93. The van der Waals surface area contributed by atoms with Crippen LogP contribution in [0.3, 0.4) is 0 Å². The highest BCUT2D eigenvalue weighted by molar-refractivity contribution is 5.01. The van der Waals surface area contributed by atoms with Gasteiger partial charge in [0, 0.05) is 19.7 Å². The van der Waals surface area contributed by atoms with E-state index < -0.39 is 0 Å². The molecule has 5 heteroatoms. The first-order valence-electron chi connectivity index (χ1n) is 5.18. The summed E-state index contributed by atoms with van der Waals surface area (Å²) < 4.78 is 7.28. The minimum absolute atomic E-state index is 0.113. The van der Waals surface area contributed by atoms with Gasteiger partial charge in [0.1, 0.15) is 0 Å². The van der Waals surface area contributed by atoms with Gasteiger partial charge in [-0.15, -0.1) is 0 Å². The first-order chi connectivity index (χ1) is 7.11. The Morgan fingerprint density at radius 1 is 1.60 bits per heavy atom. The average Bonchev–Trinajstić information content (AvgIpc) is 2.58. The maximum atomic E-state index is 5.50. The number of ether oxygens (including phenoxy) is 1. The van der Waals surface area contributed by atoms with Gasteiger partial charge in [-0.1, -0.05) is 0 Å². The number of aromatic nitrogens is 2. The molecule has 0 aliphatic rings. The molecular weight excluding hydrogens is 192 g/mol. The van der Waals surface area contributed by atoms with Crippen molar-refractivity contribution in [3.8, 4) is 0 Å². The van der Waals surface area contributed by atoms with Crippen molar-refractivity contribution in [3.05, 3.63) is 18.0 Å². The van der Waals surface area contributed by atoms with Crippen LogP contribution in [0.1, 0.15) is 19.5 Å².